The number of carbonyl (C=O) groups excluding carboxylic acids is 1. The highest BCUT2D eigenvalue weighted by molar-refractivity contribution is 6.07. The summed E-state index contributed by atoms with van der Waals surface area (Å²) in [5.74, 6) is -1.61. The van der Waals surface area contributed by atoms with E-state index in [0.29, 0.717) is 5.56 Å². The van der Waals surface area contributed by atoms with Gasteiger partial charge in [0.05, 0.1) is 13.0 Å². The van der Waals surface area contributed by atoms with Crippen molar-refractivity contribution in [1.29, 1.82) is 0 Å². The zero-order valence-corrected chi connectivity index (χ0v) is 11.7. The van der Waals surface area contributed by atoms with Gasteiger partial charge in [-0.15, -0.1) is 0 Å². The van der Waals surface area contributed by atoms with Gasteiger partial charge in [-0.05, 0) is 17.7 Å². The molecule has 6 nitrogen and oxygen atoms in total. The number of phenolic OH excluding ortho intramolecular Hbond substituents is 3. The minimum absolute atomic E-state index is 0.0148. The van der Waals surface area contributed by atoms with Crippen molar-refractivity contribution in [3.05, 3.63) is 41.5 Å². The Labute approximate surface area is 126 Å². The number of fused-ring (bicyclic) bond motifs is 1. The average molecular weight is 302 g/mol. The first-order chi connectivity index (χ1) is 10.5. The Balaban J connectivity index is 2.07. The van der Waals surface area contributed by atoms with E-state index in [2.05, 4.69) is 0 Å². The van der Waals surface area contributed by atoms with Gasteiger partial charge in [-0.3, -0.25) is 4.79 Å². The second-order valence-electron chi connectivity index (χ2n) is 4.97. The predicted octanol–water partition coefficient (Wildman–Crippen LogP) is 2.17. The monoisotopic (exact) mass is 302 g/mol. The Hall–Kier alpha value is -2.89. The van der Waals surface area contributed by atoms with Crippen molar-refractivity contribution in [2.45, 2.75) is 5.92 Å². The topological polar surface area (TPSA) is 96.2 Å². The number of phenols is 3. The largest absolute Gasteiger partial charge is 0.508 e. The van der Waals surface area contributed by atoms with Crippen LogP contribution in [0, 0.1) is 0 Å². The van der Waals surface area contributed by atoms with Crippen molar-refractivity contribution in [2.75, 3.05) is 13.7 Å². The Morgan fingerprint density at radius 3 is 2.50 bits per heavy atom. The van der Waals surface area contributed by atoms with Crippen molar-refractivity contribution in [3.63, 3.8) is 0 Å². The summed E-state index contributed by atoms with van der Waals surface area (Å²) in [6, 6.07) is 7.46. The number of ketones is 1. The van der Waals surface area contributed by atoms with Crippen molar-refractivity contribution < 1.29 is 29.6 Å². The zero-order valence-electron chi connectivity index (χ0n) is 11.7. The number of aromatic hydroxyl groups is 3. The SMILES string of the molecule is COc1c(O)cc2c(c1O)C(=O)C(c1ccc(O)cc1)CO2. The molecule has 0 bridgehead atoms. The van der Waals surface area contributed by atoms with Crippen LogP contribution < -0.4 is 9.47 Å². The van der Waals surface area contributed by atoms with Crippen molar-refractivity contribution in [1.82, 2.24) is 0 Å². The highest BCUT2D eigenvalue weighted by atomic mass is 16.5. The summed E-state index contributed by atoms with van der Waals surface area (Å²) >= 11 is 0. The molecule has 0 amide bonds. The van der Waals surface area contributed by atoms with E-state index in [1.54, 1.807) is 12.1 Å². The minimum atomic E-state index is -0.603. The number of Topliss-reactive ketones (excluding diaryl/α,β-unsaturated/α-hetero) is 1. The lowest BCUT2D eigenvalue weighted by atomic mass is 9.88. The third kappa shape index (κ3) is 2.09. The first-order valence-corrected chi connectivity index (χ1v) is 6.61. The fraction of sp³-hybridized carbons (Fsp3) is 0.188. The summed E-state index contributed by atoms with van der Waals surface area (Å²) in [4.78, 5) is 12.7. The lowest BCUT2D eigenvalue weighted by molar-refractivity contribution is 0.0891. The highest BCUT2D eigenvalue weighted by Crippen LogP contribution is 2.47. The molecule has 3 rings (SSSR count). The molecular formula is C16H14O6. The molecule has 2 aromatic carbocycles. The van der Waals surface area contributed by atoms with Gasteiger partial charge in [-0.2, -0.15) is 0 Å². The van der Waals surface area contributed by atoms with Gasteiger partial charge in [-0.25, -0.2) is 0 Å². The smallest absolute Gasteiger partial charge is 0.203 e. The lowest BCUT2D eigenvalue weighted by Crippen LogP contribution is -2.26. The first kappa shape index (κ1) is 14.1. The number of ether oxygens (including phenoxy) is 2. The van der Waals surface area contributed by atoms with Crippen LogP contribution in [0.3, 0.4) is 0 Å². The fourth-order valence-electron chi connectivity index (χ4n) is 2.54. The molecule has 0 saturated heterocycles. The van der Waals surface area contributed by atoms with Crippen LogP contribution in [-0.2, 0) is 0 Å². The van der Waals surface area contributed by atoms with E-state index in [1.807, 2.05) is 0 Å². The molecule has 0 spiro atoms. The van der Waals surface area contributed by atoms with Crippen LogP contribution in [-0.4, -0.2) is 34.8 Å². The molecule has 0 radical (unpaired) electrons. The van der Waals surface area contributed by atoms with E-state index in [1.165, 1.54) is 25.3 Å². The molecule has 1 unspecified atom stereocenters. The third-order valence-corrected chi connectivity index (χ3v) is 3.67. The molecule has 114 valence electrons. The quantitative estimate of drug-likeness (QED) is 0.787. The number of rotatable bonds is 2. The van der Waals surface area contributed by atoms with Gasteiger partial charge in [0.2, 0.25) is 5.75 Å². The Kier molecular flexibility index (Phi) is 3.29. The van der Waals surface area contributed by atoms with Gasteiger partial charge in [0, 0.05) is 6.07 Å². The number of hydrogen-bond acceptors (Lipinski definition) is 6. The molecule has 0 aromatic heterocycles. The van der Waals surface area contributed by atoms with Crippen molar-refractivity contribution in [2.24, 2.45) is 0 Å². The summed E-state index contributed by atoms with van der Waals surface area (Å²) in [5.41, 5.74) is 0.652. The molecule has 1 atom stereocenters. The van der Waals surface area contributed by atoms with Gasteiger partial charge in [0.15, 0.2) is 17.3 Å². The lowest BCUT2D eigenvalue weighted by Gasteiger charge is -2.26. The van der Waals surface area contributed by atoms with Crippen LogP contribution in [0.1, 0.15) is 21.8 Å². The number of benzene rings is 2. The van der Waals surface area contributed by atoms with Crippen LogP contribution >= 0.6 is 0 Å². The van der Waals surface area contributed by atoms with Crippen molar-refractivity contribution >= 4 is 5.78 Å². The van der Waals surface area contributed by atoms with E-state index in [0.717, 1.165) is 0 Å². The van der Waals surface area contributed by atoms with E-state index < -0.39 is 11.7 Å². The molecule has 6 heteroatoms. The molecule has 0 aliphatic carbocycles. The van der Waals surface area contributed by atoms with Crippen LogP contribution in [0.4, 0.5) is 0 Å². The summed E-state index contributed by atoms with van der Waals surface area (Å²) in [7, 11) is 1.28. The summed E-state index contributed by atoms with van der Waals surface area (Å²) in [5, 5.41) is 29.2. The zero-order chi connectivity index (χ0) is 15.9. The Bertz CT molecular complexity index is 735. The first-order valence-electron chi connectivity index (χ1n) is 6.61. The second kappa shape index (κ2) is 5.14. The Morgan fingerprint density at radius 1 is 1.18 bits per heavy atom. The van der Waals surface area contributed by atoms with Crippen molar-refractivity contribution in [3.8, 4) is 28.7 Å². The number of hydrogen-bond donors (Lipinski definition) is 3. The maximum absolute atomic E-state index is 12.7. The maximum atomic E-state index is 12.7. The maximum Gasteiger partial charge on any atom is 0.203 e. The number of methoxy groups -OCH3 is 1. The molecule has 0 fully saturated rings. The summed E-state index contributed by atoms with van der Waals surface area (Å²) < 4.78 is 10.4. The van der Waals surface area contributed by atoms with E-state index >= 15 is 0 Å². The molecular weight excluding hydrogens is 288 g/mol. The van der Waals surface area contributed by atoms with Gasteiger partial charge >= 0.3 is 0 Å². The van der Waals surface area contributed by atoms with E-state index in [9.17, 15) is 20.1 Å². The van der Waals surface area contributed by atoms with Gasteiger partial charge in [0.25, 0.3) is 0 Å². The molecule has 3 N–H and O–H groups in total. The molecule has 22 heavy (non-hydrogen) atoms. The van der Waals surface area contributed by atoms with Gasteiger partial charge in [0.1, 0.15) is 23.7 Å². The van der Waals surface area contributed by atoms with Crippen LogP contribution in [0.5, 0.6) is 28.7 Å². The van der Waals surface area contributed by atoms with Crippen LogP contribution in [0.15, 0.2) is 30.3 Å². The molecule has 1 aliphatic rings. The molecule has 2 aromatic rings. The molecule has 1 heterocycles. The van der Waals surface area contributed by atoms with Gasteiger partial charge < -0.3 is 24.8 Å². The highest BCUT2D eigenvalue weighted by Gasteiger charge is 2.35. The second-order valence-corrected chi connectivity index (χ2v) is 4.97. The fourth-order valence-corrected chi connectivity index (χ4v) is 2.54. The van der Waals surface area contributed by atoms with E-state index in [-0.39, 0.29) is 41.0 Å². The predicted molar refractivity (Wildman–Crippen MR) is 77.0 cm³/mol. The summed E-state index contributed by atoms with van der Waals surface area (Å²) in [6.45, 7) is 0.0851. The Morgan fingerprint density at radius 2 is 1.86 bits per heavy atom. The normalized spacial score (nSPS) is 16.8. The van der Waals surface area contributed by atoms with Crippen LogP contribution in [0.2, 0.25) is 0 Å². The van der Waals surface area contributed by atoms with E-state index in [4.69, 9.17) is 9.47 Å². The third-order valence-electron chi connectivity index (χ3n) is 3.67. The number of carbonyl (C=O) groups is 1. The molecule has 0 saturated carbocycles. The average Bonchev–Trinajstić information content (AvgIpc) is 2.49. The minimum Gasteiger partial charge on any atom is -0.508 e. The van der Waals surface area contributed by atoms with Gasteiger partial charge in [-0.1, -0.05) is 12.1 Å². The van der Waals surface area contributed by atoms with Crippen LogP contribution in [0.25, 0.3) is 0 Å². The summed E-state index contributed by atoms with van der Waals surface area (Å²) in [6.07, 6.45) is 0. The standard InChI is InChI=1S/C16H14O6/c1-21-16-11(18)6-12-13(15(16)20)14(19)10(7-22-12)8-2-4-9(17)5-3-8/h2-6,10,17-18,20H,7H2,1H3. The molecule has 1 aliphatic heterocycles.